The molecule has 1 unspecified atom stereocenters. The Labute approximate surface area is 273 Å². The van der Waals surface area contributed by atoms with Gasteiger partial charge in [-0.1, -0.05) is 124 Å². The summed E-state index contributed by atoms with van der Waals surface area (Å²) in [5.41, 5.74) is 42.4. The smallest absolute Gasteiger partial charge is 0.150 e. The predicted octanol–water partition coefficient (Wildman–Crippen LogP) is 12.8. The van der Waals surface area contributed by atoms with Gasteiger partial charge in [0, 0.05) is 47.9 Å². The molecule has 14 nitrogen and oxygen atoms in total. The molecule has 5 aromatic rings. The van der Waals surface area contributed by atoms with Gasteiger partial charge in [-0.15, -0.1) is 10.2 Å². The minimum Gasteiger partial charge on any atom is -0.150 e. The molecule has 0 N–H and O–H groups in total. The lowest BCUT2D eigenvalue weighted by Gasteiger charge is -2.40. The molecule has 6 rings (SSSR count). The highest BCUT2D eigenvalue weighted by Crippen LogP contribution is 2.55. The second-order valence-electron chi connectivity index (χ2n) is 10.9. The van der Waals surface area contributed by atoms with Crippen molar-refractivity contribution < 1.29 is 0 Å². The summed E-state index contributed by atoms with van der Waals surface area (Å²) in [5, 5.41) is 27.4. The molecule has 0 saturated heterocycles. The van der Waals surface area contributed by atoms with E-state index in [1.165, 1.54) is 0 Å². The lowest BCUT2D eigenvalue weighted by Crippen LogP contribution is -2.35. The molecule has 5 aromatic carbocycles. The first-order valence-electron chi connectivity index (χ1n) is 14.7. The molecule has 0 heterocycles. The number of hydrogen-bond acceptors (Lipinski definition) is 6. The van der Waals surface area contributed by atoms with Gasteiger partial charge in [0.05, 0.1) is 11.4 Å². The van der Waals surface area contributed by atoms with E-state index < -0.39 is 11.6 Å². The van der Waals surface area contributed by atoms with Crippen LogP contribution in [0.4, 0.5) is 17.1 Å². The fraction of sp³-hybridized carbons (Fsp3) is 0.118. The van der Waals surface area contributed by atoms with E-state index in [0.717, 1.165) is 16.3 Å². The Hall–Kier alpha value is -7.06. The van der Waals surface area contributed by atoms with Crippen molar-refractivity contribution in [2.24, 2.45) is 36.6 Å². The highest BCUT2D eigenvalue weighted by atomic mass is 15.3. The van der Waals surface area contributed by atoms with Crippen molar-refractivity contribution >= 4 is 39.1 Å². The summed E-state index contributed by atoms with van der Waals surface area (Å²) in [6, 6.07) is 31.4. The van der Waals surface area contributed by atoms with Crippen LogP contribution < -0.4 is 0 Å². The maximum absolute atomic E-state index is 9.95. The Bertz CT molecular complexity index is 2330. The normalized spacial score (nSPS) is 16.7. The Kier molecular flexibility index (Phi) is 8.46. The fourth-order valence-corrected chi connectivity index (χ4v) is 6.22. The number of hydrogen-bond donors (Lipinski definition) is 0. The quantitative estimate of drug-likeness (QED) is 0.0888. The molecule has 0 bridgehead atoms. The summed E-state index contributed by atoms with van der Waals surface area (Å²) in [7, 11) is 0. The Morgan fingerprint density at radius 1 is 0.625 bits per heavy atom. The van der Waals surface area contributed by atoms with Gasteiger partial charge in [-0.05, 0) is 73.9 Å². The van der Waals surface area contributed by atoms with Gasteiger partial charge in [-0.25, -0.2) is 0 Å². The zero-order valence-corrected chi connectivity index (χ0v) is 25.7. The van der Waals surface area contributed by atoms with Crippen LogP contribution in [0.15, 0.2) is 134 Å². The van der Waals surface area contributed by atoms with E-state index in [0.29, 0.717) is 56.1 Å². The van der Waals surface area contributed by atoms with E-state index in [4.69, 9.17) is 21.3 Å². The van der Waals surface area contributed by atoms with Crippen molar-refractivity contribution in [2.45, 2.75) is 19.5 Å². The van der Waals surface area contributed by atoms with Crippen LogP contribution in [0.25, 0.3) is 74.9 Å². The van der Waals surface area contributed by atoms with Crippen molar-refractivity contribution in [3.8, 4) is 11.1 Å². The molecular weight excluding hydrogens is 604 g/mol. The molecular formula is C34H24N14. The number of nitrogens with zero attached hydrogens (tertiary/aromatic N) is 14. The van der Waals surface area contributed by atoms with E-state index in [9.17, 15) is 11.1 Å². The maximum Gasteiger partial charge on any atom is 0.160 e. The van der Waals surface area contributed by atoms with Crippen LogP contribution in [-0.2, 0) is 5.66 Å². The molecule has 1 aliphatic carbocycles. The summed E-state index contributed by atoms with van der Waals surface area (Å²) in [5.74, 6) is -0.756. The number of rotatable bonds is 8. The van der Waals surface area contributed by atoms with Gasteiger partial charge in [0.1, 0.15) is 0 Å². The molecule has 0 fully saturated rings. The monoisotopic (exact) mass is 628 g/mol. The molecule has 0 spiro atoms. The highest BCUT2D eigenvalue weighted by Gasteiger charge is 2.47. The Morgan fingerprint density at radius 2 is 1.29 bits per heavy atom. The maximum atomic E-state index is 9.95. The molecule has 14 heteroatoms. The number of azo groups is 1. The Morgan fingerprint density at radius 3 is 2.00 bits per heavy atom. The molecule has 0 radical (unpaired) electrons. The molecule has 0 aromatic heterocycles. The molecule has 48 heavy (non-hydrogen) atoms. The van der Waals surface area contributed by atoms with Crippen LogP contribution in [0.2, 0.25) is 0 Å². The highest BCUT2D eigenvalue weighted by molar-refractivity contribution is 5.98. The van der Waals surface area contributed by atoms with Gasteiger partial charge < -0.3 is 0 Å². The van der Waals surface area contributed by atoms with Crippen molar-refractivity contribution in [3.63, 3.8) is 0 Å². The third-order valence-electron chi connectivity index (χ3n) is 8.40. The second kappa shape index (κ2) is 13.1. The molecule has 0 saturated carbocycles. The van der Waals surface area contributed by atoms with E-state index in [1.54, 1.807) is 36.4 Å². The number of azide groups is 3. The molecule has 1 atom stereocenters. The molecule has 1 aliphatic rings. The second-order valence-corrected chi connectivity index (χ2v) is 10.9. The van der Waals surface area contributed by atoms with Gasteiger partial charge in [0.2, 0.25) is 0 Å². The summed E-state index contributed by atoms with van der Waals surface area (Å²) in [4.78, 5) is 12.1. The molecule has 0 aliphatic heterocycles. The van der Waals surface area contributed by atoms with Crippen LogP contribution >= 0.6 is 0 Å². The first-order valence-corrected chi connectivity index (χ1v) is 14.7. The van der Waals surface area contributed by atoms with Crippen LogP contribution in [0.1, 0.15) is 29.2 Å². The van der Waals surface area contributed by atoms with Gasteiger partial charge in [-0.2, -0.15) is 0 Å². The van der Waals surface area contributed by atoms with Crippen molar-refractivity contribution in [1.29, 1.82) is 0 Å². The van der Waals surface area contributed by atoms with E-state index in [-0.39, 0.29) is 0 Å². The van der Waals surface area contributed by atoms with Crippen LogP contribution in [0.3, 0.4) is 0 Å². The zero-order valence-electron chi connectivity index (χ0n) is 25.7. The number of benzene rings is 5. The van der Waals surface area contributed by atoms with Crippen LogP contribution in [-0.4, -0.2) is 0 Å². The minimum atomic E-state index is -1.77. The van der Waals surface area contributed by atoms with Gasteiger partial charge >= 0.3 is 0 Å². The first-order chi connectivity index (χ1) is 23.4. The van der Waals surface area contributed by atoms with Gasteiger partial charge in [-0.3, -0.25) is 0 Å². The summed E-state index contributed by atoms with van der Waals surface area (Å²) in [6.07, 6.45) is 0. The van der Waals surface area contributed by atoms with Crippen LogP contribution in [0.5, 0.6) is 0 Å². The predicted molar refractivity (Wildman–Crippen MR) is 185 cm³/mol. The topological polar surface area (TPSA) is 220 Å². The average Bonchev–Trinajstić information content (AvgIpc) is 3.10. The first kappa shape index (κ1) is 30.9. The molecule has 0 amide bonds. The minimum absolute atomic E-state index is 0.405. The number of aryl methyl sites for hydroxylation is 1. The third kappa shape index (κ3) is 5.39. The third-order valence-corrected chi connectivity index (χ3v) is 8.40. The van der Waals surface area contributed by atoms with E-state index in [2.05, 4.69) is 40.1 Å². The van der Waals surface area contributed by atoms with Crippen LogP contribution in [0, 0.1) is 12.8 Å². The average molecular weight is 629 g/mol. The summed E-state index contributed by atoms with van der Waals surface area (Å²) < 4.78 is 0. The molecule has 230 valence electrons. The van der Waals surface area contributed by atoms with Crippen molar-refractivity contribution in [3.05, 3.63) is 167 Å². The lowest BCUT2D eigenvalue weighted by molar-refractivity contribution is 0.365. The number of fused-ring (bicyclic) bond motifs is 2. The largest absolute Gasteiger partial charge is 0.160 e. The Balaban J connectivity index is 1.71. The van der Waals surface area contributed by atoms with E-state index in [1.807, 2.05) is 80.6 Å². The fourth-order valence-electron chi connectivity index (χ4n) is 6.22. The van der Waals surface area contributed by atoms with Gasteiger partial charge in [0.25, 0.3) is 0 Å². The standard InChI is InChI=1S/C34H24N14/c1-20-19-24(15-18-29(20)41-46-36)27-10-6-11-28-32(27)34(43-47-37,44-48-38)21(2)31(23-13-16-25(17-14-23)39-45-35)33(28)42-40-30-12-5-8-22-7-3-4-9-26(22)30/h3-19,21H,1-2H3. The van der Waals surface area contributed by atoms with Crippen molar-refractivity contribution in [2.75, 3.05) is 0 Å². The SMILES string of the molecule is Cc1cc(-c2cccc3c2C(N=[N+]=[N-])(N=[N+]=[N-])C(C)C(c2ccc(N=[N+]=[N-])cc2)=C3N=Nc2cccc3ccccc23)ccc1N=[N+]=[N-]. The van der Waals surface area contributed by atoms with Gasteiger partial charge in [0.15, 0.2) is 5.66 Å². The zero-order chi connectivity index (χ0) is 33.7. The van der Waals surface area contributed by atoms with Crippen molar-refractivity contribution in [1.82, 2.24) is 0 Å². The summed E-state index contributed by atoms with van der Waals surface area (Å²) in [6.45, 7) is 3.63. The van der Waals surface area contributed by atoms with E-state index >= 15 is 0 Å². The summed E-state index contributed by atoms with van der Waals surface area (Å²) >= 11 is 0. The lowest BCUT2D eigenvalue weighted by atomic mass is 9.70.